The van der Waals surface area contributed by atoms with Crippen LogP contribution in [0.2, 0.25) is 0 Å². The number of piperazine rings is 1. The topological polar surface area (TPSA) is 120 Å². The first-order valence-electron chi connectivity index (χ1n) is 13.7. The van der Waals surface area contributed by atoms with E-state index in [0.29, 0.717) is 30.3 Å². The molecule has 208 valence electrons. The van der Waals surface area contributed by atoms with E-state index in [-0.39, 0.29) is 17.9 Å². The molecule has 0 aliphatic carbocycles. The maximum absolute atomic E-state index is 12.4. The Morgan fingerprint density at radius 2 is 1.90 bits per heavy atom. The number of aromatic hydroxyl groups is 1. The summed E-state index contributed by atoms with van der Waals surface area (Å²) in [5.41, 5.74) is 3.92. The third-order valence-corrected chi connectivity index (χ3v) is 7.40. The van der Waals surface area contributed by atoms with Crippen molar-refractivity contribution in [2.24, 2.45) is 0 Å². The highest BCUT2D eigenvalue weighted by Gasteiger charge is 2.34. The van der Waals surface area contributed by atoms with Gasteiger partial charge in [-0.3, -0.25) is 0 Å². The number of phenolic OH excluding ortho intramolecular Hbond substituents is 1. The Balaban J connectivity index is 1.11. The summed E-state index contributed by atoms with van der Waals surface area (Å²) in [7, 11) is 0. The normalized spacial score (nSPS) is 18.8. The molecule has 3 aliphatic heterocycles. The highest BCUT2D eigenvalue weighted by Crippen LogP contribution is 2.36. The number of benzene rings is 1. The highest BCUT2D eigenvalue weighted by molar-refractivity contribution is 5.77. The van der Waals surface area contributed by atoms with E-state index in [4.69, 9.17) is 14.7 Å². The summed E-state index contributed by atoms with van der Waals surface area (Å²) in [5, 5.41) is 22.4. The van der Waals surface area contributed by atoms with Crippen molar-refractivity contribution >= 4 is 29.1 Å². The summed E-state index contributed by atoms with van der Waals surface area (Å²) >= 11 is 0. The van der Waals surface area contributed by atoms with Gasteiger partial charge >= 0.3 is 6.09 Å². The van der Waals surface area contributed by atoms with E-state index in [9.17, 15) is 9.90 Å². The standard InChI is InChI=1S/C29H34N8O3/c1-29(2,3)40-28(39)35-10-8-19(9-11-35)20-15-31-27(32-16-20)36-12-13-37-21(18-36)17-30-26-24(37)14-23(33-34-26)22-6-4-5-7-25(22)38/h4-8,14-16,21,38H,9-13,17-18H2,1-3H3,(H,30,34)/t21-/m0/s1. The summed E-state index contributed by atoms with van der Waals surface area (Å²) in [6.45, 7) is 9.83. The SMILES string of the molecule is CC(C)(C)OC(=O)N1CC=C(c2cnc(N3CCN4c5cc(-c6ccccc6O)nnc5NC[C@H]4C3)nc2)CC1. The molecule has 3 aliphatic rings. The first kappa shape index (κ1) is 25.8. The molecule has 0 spiro atoms. The number of ether oxygens (including phenoxy) is 1. The molecule has 1 atom stereocenters. The van der Waals surface area contributed by atoms with E-state index in [1.165, 1.54) is 0 Å². The van der Waals surface area contributed by atoms with Crippen molar-refractivity contribution in [1.29, 1.82) is 0 Å². The van der Waals surface area contributed by atoms with Gasteiger partial charge in [-0.2, -0.15) is 0 Å². The number of carbonyl (C=O) groups is 1. The number of phenols is 1. The predicted molar refractivity (Wildman–Crippen MR) is 153 cm³/mol. The summed E-state index contributed by atoms with van der Waals surface area (Å²) in [4.78, 5) is 28.1. The van der Waals surface area contributed by atoms with Crippen LogP contribution in [0.3, 0.4) is 0 Å². The number of hydrogen-bond donors (Lipinski definition) is 2. The maximum atomic E-state index is 12.4. The molecule has 2 aromatic heterocycles. The fourth-order valence-electron chi connectivity index (χ4n) is 5.37. The molecule has 0 saturated carbocycles. The van der Waals surface area contributed by atoms with E-state index in [0.717, 1.165) is 55.2 Å². The van der Waals surface area contributed by atoms with Gasteiger partial charge in [0.2, 0.25) is 5.95 Å². The fraction of sp³-hybridized carbons (Fsp3) is 0.414. The Morgan fingerprint density at radius 1 is 1.10 bits per heavy atom. The lowest BCUT2D eigenvalue weighted by Gasteiger charge is -2.45. The molecular weight excluding hydrogens is 508 g/mol. The minimum Gasteiger partial charge on any atom is -0.507 e. The molecule has 6 rings (SSSR count). The lowest BCUT2D eigenvalue weighted by atomic mass is 10.0. The summed E-state index contributed by atoms with van der Waals surface area (Å²) in [6, 6.07) is 9.39. The zero-order valence-corrected chi connectivity index (χ0v) is 23.0. The van der Waals surface area contributed by atoms with Gasteiger partial charge in [0.25, 0.3) is 0 Å². The van der Waals surface area contributed by atoms with Crippen LogP contribution in [-0.4, -0.2) is 87.2 Å². The van der Waals surface area contributed by atoms with Crippen LogP contribution in [0, 0.1) is 0 Å². The number of nitrogens with one attached hydrogen (secondary N) is 1. The van der Waals surface area contributed by atoms with E-state index in [1.807, 2.05) is 51.4 Å². The third-order valence-electron chi connectivity index (χ3n) is 7.40. The molecule has 1 aromatic carbocycles. The van der Waals surface area contributed by atoms with Crippen LogP contribution in [0.15, 0.2) is 48.8 Å². The Bertz CT molecular complexity index is 1440. The summed E-state index contributed by atoms with van der Waals surface area (Å²) < 4.78 is 5.49. The van der Waals surface area contributed by atoms with Gasteiger partial charge in [0.05, 0.1) is 17.4 Å². The second-order valence-corrected chi connectivity index (χ2v) is 11.3. The molecule has 0 radical (unpaired) electrons. The van der Waals surface area contributed by atoms with Crippen LogP contribution < -0.4 is 15.1 Å². The molecular formula is C29H34N8O3. The first-order chi connectivity index (χ1) is 19.2. The fourth-order valence-corrected chi connectivity index (χ4v) is 5.37. The number of carbonyl (C=O) groups excluding carboxylic acids is 1. The van der Waals surface area contributed by atoms with Crippen molar-refractivity contribution in [3.8, 4) is 17.0 Å². The molecule has 5 heterocycles. The Morgan fingerprint density at radius 3 is 2.62 bits per heavy atom. The minimum atomic E-state index is -0.503. The van der Waals surface area contributed by atoms with E-state index < -0.39 is 5.60 Å². The number of fused-ring (bicyclic) bond motifs is 3. The van der Waals surface area contributed by atoms with Crippen molar-refractivity contribution in [2.45, 2.75) is 38.8 Å². The second kappa shape index (κ2) is 10.3. The molecule has 11 nitrogen and oxygen atoms in total. The zero-order chi connectivity index (χ0) is 27.9. The van der Waals surface area contributed by atoms with Crippen molar-refractivity contribution in [2.75, 3.05) is 54.4 Å². The van der Waals surface area contributed by atoms with E-state index >= 15 is 0 Å². The van der Waals surface area contributed by atoms with Crippen LogP contribution in [0.4, 0.5) is 22.2 Å². The summed E-state index contributed by atoms with van der Waals surface area (Å²) in [5.74, 6) is 1.66. The van der Waals surface area contributed by atoms with Crippen LogP contribution in [0.25, 0.3) is 16.8 Å². The van der Waals surface area contributed by atoms with Gasteiger partial charge in [0.15, 0.2) is 5.82 Å². The lowest BCUT2D eigenvalue weighted by molar-refractivity contribution is 0.0270. The summed E-state index contributed by atoms with van der Waals surface area (Å²) in [6.07, 6.45) is 6.27. The van der Waals surface area contributed by atoms with Gasteiger partial charge in [0, 0.05) is 62.8 Å². The quantitative estimate of drug-likeness (QED) is 0.506. The molecule has 1 fully saturated rings. The Labute approximate surface area is 233 Å². The van der Waals surface area contributed by atoms with Crippen LogP contribution in [0.1, 0.15) is 32.8 Å². The van der Waals surface area contributed by atoms with Crippen molar-refractivity contribution in [3.63, 3.8) is 0 Å². The highest BCUT2D eigenvalue weighted by atomic mass is 16.6. The van der Waals surface area contributed by atoms with Gasteiger partial charge < -0.3 is 29.9 Å². The number of aromatic nitrogens is 4. The molecule has 3 aromatic rings. The predicted octanol–water partition coefficient (Wildman–Crippen LogP) is 3.78. The third kappa shape index (κ3) is 5.23. The lowest BCUT2D eigenvalue weighted by Crippen LogP contribution is -2.58. The van der Waals surface area contributed by atoms with Gasteiger partial charge in [0.1, 0.15) is 11.4 Å². The largest absolute Gasteiger partial charge is 0.507 e. The second-order valence-electron chi connectivity index (χ2n) is 11.3. The van der Waals surface area contributed by atoms with Crippen molar-refractivity contribution < 1.29 is 14.6 Å². The van der Waals surface area contributed by atoms with Crippen LogP contribution in [-0.2, 0) is 4.74 Å². The maximum Gasteiger partial charge on any atom is 0.410 e. The average Bonchev–Trinajstić information content (AvgIpc) is 2.96. The van der Waals surface area contributed by atoms with E-state index in [1.54, 1.807) is 17.0 Å². The number of hydrogen-bond acceptors (Lipinski definition) is 10. The number of nitrogens with zero attached hydrogens (tertiary/aromatic N) is 7. The van der Waals surface area contributed by atoms with Gasteiger partial charge in [-0.15, -0.1) is 10.2 Å². The molecule has 1 saturated heterocycles. The number of para-hydroxylation sites is 1. The van der Waals surface area contributed by atoms with E-state index in [2.05, 4.69) is 31.4 Å². The smallest absolute Gasteiger partial charge is 0.410 e. The van der Waals surface area contributed by atoms with Gasteiger partial charge in [-0.05, 0) is 51.0 Å². The molecule has 11 heteroatoms. The molecule has 2 N–H and O–H groups in total. The molecule has 1 amide bonds. The van der Waals surface area contributed by atoms with Crippen molar-refractivity contribution in [1.82, 2.24) is 25.1 Å². The number of anilines is 3. The van der Waals surface area contributed by atoms with Crippen LogP contribution in [0.5, 0.6) is 5.75 Å². The van der Waals surface area contributed by atoms with Gasteiger partial charge in [-0.1, -0.05) is 18.2 Å². The number of rotatable bonds is 3. The van der Waals surface area contributed by atoms with Gasteiger partial charge in [-0.25, -0.2) is 14.8 Å². The monoisotopic (exact) mass is 542 g/mol. The molecule has 0 bridgehead atoms. The Kier molecular flexibility index (Phi) is 6.65. The molecule has 40 heavy (non-hydrogen) atoms. The number of amides is 1. The minimum absolute atomic E-state index is 0.187. The average molecular weight is 543 g/mol. The molecule has 0 unspecified atom stereocenters. The first-order valence-corrected chi connectivity index (χ1v) is 13.7. The van der Waals surface area contributed by atoms with Crippen molar-refractivity contribution in [3.05, 3.63) is 54.4 Å². The van der Waals surface area contributed by atoms with Crippen LogP contribution >= 0.6 is 0 Å². The zero-order valence-electron chi connectivity index (χ0n) is 23.0. The Hall–Kier alpha value is -4.41.